The van der Waals surface area contributed by atoms with Gasteiger partial charge in [-0.3, -0.25) is 0 Å². The Balaban J connectivity index is 1.69. The second-order valence-electron chi connectivity index (χ2n) is 9.23. The van der Waals surface area contributed by atoms with Crippen molar-refractivity contribution in [1.29, 1.82) is 0 Å². The van der Waals surface area contributed by atoms with E-state index in [4.69, 9.17) is 11.6 Å². The van der Waals surface area contributed by atoms with Gasteiger partial charge in [0.1, 0.15) is 5.60 Å². The minimum absolute atomic E-state index is 0.133. The van der Waals surface area contributed by atoms with Crippen LogP contribution in [0.4, 0.5) is 0 Å². The first kappa shape index (κ1) is 17.0. The van der Waals surface area contributed by atoms with E-state index in [0.29, 0.717) is 17.8 Å². The molecule has 4 rings (SSSR count). The van der Waals surface area contributed by atoms with Gasteiger partial charge in [-0.1, -0.05) is 31.4 Å². The van der Waals surface area contributed by atoms with Crippen molar-refractivity contribution >= 4 is 11.6 Å². The van der Waals surface area contributed by atoms with E-state index < -0.39 is 5.60 Å². The summed E-state index contributed by atoms with van der Waals surface area (Å²) in [6.07, 6.45) is 10.3. The first-order valence-electron chi connectivity index (χ1n) is 9.57. The highest BCUT2D eigenvalue weighted by molar-refractivity contribution is 6.30. The Hall–Kier alpha value is -0.490. The van der Waals surface area contributed by atoms with Crippen molar-refractivity contribution in [2.75, 3.05) is 0 Å². The van der Waals surface area contributed by atoms with Gasteiger partial charge in [0, 0.05) is 10.8 Å². The Morgan fingerprint density at radius 3 is 2.62 bits per heavy atom. The summed E-state index contributed by atoms with van der Waals surface area (Å²) in [5.74, 6) is 4.81. The van der Waals surface area contributed by atoms with E-state index in [-0.39, 0.29) is 16.9 Å². The molecule has 0 amide bonds. The highest BCUT2D eigenvalue weighted by Crippen LogP contribution is 2.67. The summed E-state index contributed by atoms with van der Waals surface area (Å²) in [6.45, 7) is 4.68. The van der Waals surface area contributed by atoms with Crippen molar-refractivity contribution in [3.05, 3.63) is 11.6 Å². The smallest absolute Gasteiger partial charge is 0.132 e. The predicted molar refractivity (Wildman–Crippen MR) is 96.3 cm³/mol. The molecule has 0 aromatic rings. The number of hydrogen-bond acceptors (Lipinski definition) is 2. The molecule has 0 aliphatic heterocycles. The standard InChI is InChI=1S/C21H29ClO2/c1-19-8-5-15(23)13-14(19)3-4-16-17(19)6-9-20(2)18(16)7-10-21(20,24)11-12-22/h3,15-18,23-24H,4-10,13H2,1-2H3/t15-,16+,17-,18-,19-,20-,21+/m0/s1. The van der Waals surface area contributed by atoms with Crippen molar-refractivity contribution < 1.29 is 10.2 Å². The normalized spacial score (nSPS) is 53.1. The molecule has 0 radical (unpaired) electrons. The summed E-state index contributed by atoms with van der Waals surface area (Å²) in [5.41, 5.74) is 0.701. The Morgan fingerprint density at radius 1 is 1.12 bits per heavy atom. The lowest BCUT2D eigenvalue weighted by molar-refractivity contribution is -0.0970. The monoisotopic (exact) mass is 348 g/mol. The van der Waals surface area contributed by atoms with E-state index in [9.17, 15) is 10.2 Å². The molecular weight excluding hydrogens is 320 g/mol. The third kappa shape index (κ3) is 2.11. The maximum atomic E-state index is 11.2. The van der Waals surface area contributed by atoms with Crippen LogP contribution in [0.25, 0.3) is 0 Å². The van der Waals surface area contributed by atoms with E-state index in [1.165, 1.54) is 5.57 Å². The van der Waals surface area contributed by atoms with Crippen LogP contribution in [-0.2, 0) is 0 Å². The topological polar surface area (TPSA) is 40.5 Å². The van der Waals surface area contributed by atoms with Gasteiger partial charge in [-0.05, 0) is 86.1 Å². The second-order valence-corrected chi connectivity index (χ2v) is 9.42. The molecule has 3 saturated carbocycles. The van der Waals surface area contributed by atoms with Crippen LogP contribution < -0.4 is 0 Å². The van der Waals surface area contributed by atoms with Gasteiger partial charge in [-0.15, -0.1) is 0 Å². The average Bonchev–Trinajstić information content (AvgIpc) is 2.80. The fourth-order valence-electron chi connectivity index (χ4n) is 6.94. The zero-order valence-electron chi connectivity index (χ0n) is 14.8. The first-order chi connectivity index (χ1) is 11.3. The zero-order valence-corrected chi connectivity index (χ0v) is 15.6. The molecule has 4 aliphatic rings. The van der Waals surface area contributed by atoms with Gasteiger partial charge in [0.25, 0.3) is 0 Å². The number of allylic oxidation sites excluding steroid dienone is 1. The number of aliphatic hydroxyl groups excluding tert-OH is 1. The molecule has 0 unspecified atom stereocenters. The molecule has 2 nitrogen and oxygen atoms in total. The molecule has 0 aromatic carbocycles. The van der Waals surface area contributed by atoms with Crippen molar-refractivity contribution in [3.63, 3.8) is 0 Å². The number of hydrogen-bond donors (Lipinski definition) is 2. The Labute approximate surface area is 150 Å². The van der Waals surface area contributed by atoms with E-state index in [0.717, 1.165) is 51.4 Å². The molecule has 132 valence electrons. The maximum Gasteiger partial charge on any atom is 0.132 e. The molecule has 0 bridgehead atoms. The molecule has 24 heavy (non-hydrogen) atoms. The molecular formula is C21H29ClO2. The van der Waals surface area contributed by atoms with E-state index in [1.54, 1.807) is 0 Å². The Morgan fingerprint density at radius 2 is 1.88 bits per heavy atom. The summed E-state index contributed by atoms with van der Waals surface area (Å²) in [4.78, 5) is 0. The van der Waals surface area contributed by atoms with Crippen LogP contribution in [0.5, 0.6) is 0 Å². The molecule has 0 aromatic heterocycles. The third-order valence-corrected chi connectivity index (χ3v) is 8.58. The molecule has 7 atom stereocenters. The van der Waals surface area contributed by atoms with E-state index in [2.05, 4.69) is 31.2 Å². The van der Waals surface area contributed by atoms with Crippen LogP contribution >= 0.6 is 11.6 Å². The fraction of sp³-hybridized carbons (Fsp3) is 0.810. The average molecular weight is 349 g/mol. The highest BCUT2D eigenvalue weighted by Gasteiger charge is 2.63. The first-order valence-corrected chi connectivity index (χ1v) is 9.95. The lowest BCUT2D eigenvalue weighted by Gasteiger charge is -2.58. The molecule has 3 heteroatoms. The van der Waals surface area contributed by atoms with Gasteiger partial charge in [-0.2, -0.15) is 0 Å². The van der Waals surface area contributed by atoms with Crippen LogP contribution in [0.1, 0.15) is 65.2 Å². The Bertz CT molecular complexity index is 631. The van der Waals surface area contributed by atoms with Crippen LogP contribution in [0.2, 0.25) is 0 Å². The summed E-state index contributed by atoms with van der Waals surface area (Å²) in [5, 5.41) is 23.7. The lowest BCUT2D eigenvalue weighted by atomic mass is 9.47. The largest absolute Gasteiger partial charge is 0.393 e. The van der Waals surface area contributed by atoms with Gasteiger partial charge in [0.2, 0.25) is 0 Å². The van der Waals surface area contributed by atoms with Crippen LogP contribution in [-0.4, -0.2) is 21.9 Å². The van der Waals surface area contributed by atoms with Gasteiger partial charge < -0.3 is 10.2 Å². The van der Waals surface area contributed by atoms with Crippen molar-refractivity contribution in [1.82, 2.24) is 0 Å². The second kappa shape index (κ2) is 5.50. The molecule has 3 fully saturated rings. The van der Waals surface area contributed by atoms with Gasteiger partial charge in [-0.25, -0.2) is 0 Å². The van der Waals surface area contributed by atoms with Crippen LogP contribution in [0.3, 0.4) is 0 Å². The van der Waals surface area contributed by atoms with Crippen LogP contribution in [0, 0.1) is 39.9 Å². The molecule has 2 N–H and O–H groups in total. The van der Waals surface area contributed by atoms with E-state index >= 15 is 0 Å². The van der Waals surface area contributed by atoms with Crippen molar-refractivity contribution in [3.8, 4) is 11.3 Å². The number of rotatable bonds is 0. The van der Waals surface area contributed by atoms with Gasteiger partial charge in [0.15, 0.2) is 0 Å². The predicted octanol–water partition coefficient (Wildman–Crippen LogP) is 4.24. The SMILES string of the molecule is C[C@]12CC[C@H](O)CC1=CC[C@@H]1[C@@H]2CC[C@@]2(C)[C@H]1CC[C@@]2(O)C#CCl. The number of fused-ring (bicyclic) bond motifs is 5. The third-order valence-electron chi connectivity index (χ3n) is 8.48. The van der Waals surface area contributed by atoms with Gasteiger partial charge >= 0.3 is 0 Å². The summed E-state index contributed by atoms with van der Waals surface area (Å²) >= 11 is 5.67. The van der Waals surface area contributed by atoms with E-state index in [1.807, 2.05) is 0 Å². The summed E-state index contributed by atoms with van der Waals surface area (Å²) < 4.78 is 0. The zero-order chi connectivity index (χ0) is 17.2. The fourth-order valence-corrected chi connectivity index (χ4v) is 7.10. The minimum Gasteiger partial charge on any atom is -0.393 e. The molecule has 0 saturated heterocycles. The molecule has 4 aliphatic carbocycles. The molecule has 0 spiro atoms. The lowest BCUT2D eigenvalue weighted by Crippen LogP contribution is -2.54. The van der Waals surface area contributed by atoms with Crippen molar-refractivity contribution in [2.24, 2.45) is 28.6 Å². The minimum atomic E-state index is -0.919. The Kier molecular flexibility index (Phi) is 3.89. The summed E-state index contributed by atoms with van der Waals surface area (Å²) in [7, 11) is 0. The maximum absolute atomic E-state index is 11.2. The van der Waals surface area contributed by atoms with Crippen molar-refractivity contribution in [2.45, 2.75) is 76.9 Å². The molecule has 0 heterocycles. The van der Waals surface area contributed by atoms with Gasteiger partial charge in [0.05, 0.1) is 6.10 Å². The van der Waals surface area contributed by atoms with Crippen LogP contribution in [0.15, 0.2) is 11.6 Å². The summed E-state index contributed by atoms with van der Waals surface area (Å²) in [6, 6.07) is 0. The number of aliphatic hydroxyl groups is 2. The quantitative estimate of drug-likeness (QED) is 0.507. The highest BCUT2D eigenvalue weighted by atomic mass is 35.5. The number of halogens is 1.